The van der Waals surface area contributed by atoms with Gasteiger partial charge in [0.1, 0.15) is 16.0 Å². The Morgan fingerprint density at radius 1 is 0.818 bits per heavy atom. The van der Waals surface area contributed by atoms with Crippen LogP contribution in [0.4, 0.5) is 20.2 Å². The maximum Gasteiger partial charge on any atom is 0.257 e. The highest BCUT2D eigenvalue weighted by Gasteiger charge is 2.67. The molecule has 33 heavy (non-hydrogen) atoms. The predicted molar refractivity (Wildman–Crippen MR) is 127 cm³/mol. The number of carbonyl (C=O) groups is 2. The molecule has 0 heterocycles. The van der Waals surface area contributed by atoms with Gasteiger partial charge in [0.05, 0.1) is 16.5 Å². The monoisotopic (exact) mass is 528 g/mol. The standard InChI is InChI=1S/C23H14Cl4F2N2O2/c24-12-7-11(8-14(29)9-12)19-20(23(19,26)27)22(33)31-16-5-6-18(25)17(10-16)21(32)30-15-3-1-13(28)2-4-15/h1-10,19-20H,(H,30,32)(H,31,33)/t19-,20+/m0/s1. The van der Waals surface area contributed by atoms with Crippen LogP contribution in [0.1, 0.15) is 21.8 Å². The molecule has 3 aromatic rings. The van der Waals surface area contributed by atoms with Gasteiger partial charge < -0.3 is 10.6 Å². The van der Waals surface area contributed by atoms with E-state index in [1.54, 1.807) is 0 Å². The Labute approximate surface area is 207 Å². The summed E-state index contributed by atoms with van der Waals surface area (Å²) in [6.07, 6.45) is 0. The first-order chi connectivity index (χ1) is 15.6. The molecule has 2 N–H and O–H groups in total. The van der Waals surface area contributed by atoms with E-state index in [4.69, 9.17) is 46.4 Å². The zero-order valence-electron chi connectivity index (χ0n) is 16.5. The lowest BCUT2D eigenvalue weighted by Crippen LogP contribution is -2.18. The van der Waals surface area contributed by atoms with E-state index < -0.39 is 39.6 Å². The lowest BCUT2D eigenvalue weighted by atomic mass is 10.1. The Bertz CT molecular complexity index is 1230. The van der Waals surface area contributed by atoms with E-state index in [-0.39, 0.29) is 21.3 Å². The average Bonchev–Trinajstić information content (AvgIpc) is 3.32. The molecule has 0 aromatic heterocycles. The van der Waals surface area contributed by atoms with Crippen molar-refractivity contribution in [2.75, 3.05) is 10.6 Å². The number of halogens is 6. The van der Waals surface area contributed by atoms with Crippen molar-refractivity contribution in [1.29, 1.82) is 0 Å². The minimum absolute atomic E-state index is 0.0889. The third kappa shape index (κ3) is 5.09. The van der Waals surface area contributed by atoms with E-state index in [2.05, 4.69) is 10.6 Å². The second kappa shape index (κ2) is 9.11. The number of rotatable bonds is 5. The number of hydrogen-bond donors (Lipinski definition) is 2. The molecule has 170 valence electrons. The van der Waals surface area contributed by atoms with Crippen LogP contribution in [-0.4, -0.2) is 16.1 Å². The summed E-state index contributed by atoms with van der Waals surface area (Å²) in [5, 5.41) is 5.57. The van der Waals surface area contributed by atoms with Gasteiger partial charge in [0.15, 0.2) is 0 Å². The van der Waals surface area contributed by atoms with E-state index in [9.17, 15) is 18.4 Å². The molecule has 0 bridgehead atoms. The van der Waals surface area contributed by atoms with Crippen molar-refractivity contribution in [1.82, 2.24) is 0 Å². The van der Waals surface area contributed by atoms with E-state index >= 15 is 0 Å². The Hall–Kier alpha value is -2.38. The van der Waals surface area contributed by atoms with Gasteiger partial charge in [0, 0.05) is 22.3 Å². The summed E-state index contributed by atoms with van der Waals surface area (Å²) in [4.78, 5) is 25.5. The Morgan fingerprint density at radius 3 is 2.15 bits per heavy atom. The normalized spacial score (nSPS) is 18.5. The third-order valence-electron chi connectivity index (χ3n) is 5.16. The fourth-order valence-corrected chi connectivity index (χ4v) is 4.81. The lowest BCUT2D eigenvalue weighted by Gasteiger charge is -2.10. The van der Waals surface area contributed by atoms with E-state index in [0.717, 1.165) is 6.07 Å². The lowest BCUT2D eigenvalue weighted by molar-refractivity contribution is -0.117. The van der Waals surface area contributed by atoms with Gasteiger partial charge in [-0.05, 0) is 66.2 Å². The average molecular weight is 530 g/mol. The number of benzene rings is 3. The maximum atomic E-state index is 13.7. The summed E-state index contributed by atoms with van der Waals surface area (Å²) in [5.41, 5.74) is 1.14. The maximum absolute atomic E-state index is 13.7. The fourth-order valence-electron chi connectivity index (χ4n) is 3.55. The summed E-state index contributed by atoms with van der Waals surface area (Å²) in [6, 6.07) is 13.4. The van der Waals surface area contributed by atoms with Crippen LogP contribution in [0.3, 0.4) is 0 Å². The second-order valence-electron chi connectivity index (χ2n) is 7.48. The highest BCUT2D eigenvalue weighted by Crippen LogP contribution is 2.65. The van der Waals surface area contributed by atoms with Crippen molar-refractivity contribution < 1.29 is 18.4 Å². The van der Waals surface area contributed by atoms with Crippen LogP contribution in [0.2, 0.25) is 10.0 Å². The number of hydrogen-bond acceptors (Lipinski definition) is 2. The molecule has 1 aliphatic carbocycles. The van der Waals surface area contributed by atoms with Gasteiger partial charge >= 0.3 is 0 Å². The van der Waals surface area contributed by atoms with Crippen molar-refractivity contribution >= 4 is 69.6 Å². The number of alkyl halides is 2. The zero-order valence-corrected chi connectivity index (χ0v) is 19.5. The molecule has 4 nitrogen and oxygen atoms in total. The highest BCUT2D eigenvalue weighted by molar-refractivity contribution is 6.53. The molecule has 2 amide bonds. The Morgan fingerprint density at radius 2 is 1.48 bits per heavy atom. The van der Waals surface area contributed by atoms with Crippen LogP contribution in [0.5, 0.6) is 0 Å². The third-order valence-corrected chi connectivity index (χ3v) is 6.65. The molecule has 0 unspecified atom stereocenters. The predicted octanol–water partition coefficient (Wildman–Crippen LogP) is 7.05. The summed E-state index contributed by atoms with van der Waals surface area (Å²) in [5.74, 6) is -3.61. The van der Waals surface area contributed by atoms with Gasteiger partial charge in [-0.25, -0.2) is 8.78 Å². The molecule has 1 saturated carbocycles. The SMILES string of the molecule is O=C(Nc1ccc(F)cc1)c1cc(NC(=O)[C@H]2[C@H](c3cc(F)cc(Cl)c3)C2(Cl)Cl)ccc1Cl. The molecule has 3 aromatic carbocycles. The fraction of sp³-hybridized carbons (Fsp3) is 0.130. The van der Waals surface area contributed by atoms with E-state index in [1.807, 2.05) is 0 Å². The van der Waals surface area contributed by atoms with Crippen molar-refractivity contribution in [2.24, 2.45) is 5.92 Å². The van der Waals surface area contributed by atoms with E-state index in [1.165, 1.54) is 54.6 Å². The Kier molecular flexibility index (Phi) is 6.56. The number of carbonyl (C=O) groups excluding carboxylic acids is 2. The topological polar surface area (TPSA) is 58.2 Å². The smallest absolute Gasteiger partial charge is 0.257 e. The minimum atomic E-state index is -1.45. The molecule has 0 spiro atoms. The summed E-state index contributed by atoms with van der Waals surface area (Å²) in [7, 11) is 0. The summed E-state index contributed by atoms with van der Waals surface area (Å²) < 4.78 is 25.4. The van der Waals surface area contributed by atoms with Crippen molar-refractivity contribution in [2.45, 2.75) is 10.3 Å². The van der Waals surface area contributed by atoms with Crippen LogP contribution in [0.25, 0.3) is 0 Å². The molecular weight excluding hydrogens is 516 g/mol. The molecule has 0 aliphatic heterocycles. The molecule has 2 atom stereocenters. The van der Waals surface area contributed by atoms with Gasteiger partial charge in [-0.2, -0.15) is 0 Å². The molecule has 10 heteroatoms. The second-order valence-corrected chi connectivity index (χ2v) is 9.77. The molecule has 4 rings (SSSR count). The van der Waals surface area contributed by atoms with Crippen molar-refractivity contribution in [3.63, 3.8) is 0 Å². The van der Waals surface area contributed by atoms with Crippen LogP contribution in [-0.2, 0) is 4.79 Å². The first-order valence-corrected chi connectivity index (χ1v) is 11.1. The first kappa shape index (κ1) is 23.8. The van der Waals surface area contributed by atoms with Crippen molar-refractivity contribution in [3.05, 3.63) is 93.5 Å². The summed E-state index contributed by atoms with van der Waals surface area (Å²) in [6.45, 7) is 0. The van der Waals surface area contributed by atoms with Gasteiger partial charge in [0.25, 0.3) is 5.91 Å². The van der Waals surface area contributed by atoms with Gasteiger partial charge in [-0.15, -0.1) is 23.2 Å². The van der Waals surface area contributed by atoms with Crippen LogP contribution < -0.4 is 10.6 Å². The molecule has 1 fully saturated rings. The molecule has 1 aliphatic rings. The highest BCUT2D eigenvalue weighted by atomic mass is 35.5. The van der Waals surface area contributed by atoms with Crippen LogP contribution in [0.15, 0.2) is 60.7 Å². The number of anilines is 2. The minimum Gasteiger partial charge on any atom is -0.326 e. The quantitative estimate of drug-likeness (QED) is 0.348. The van der Waals surface area contributed by atoms with Crippen LogP contribution >= 0.6 is 46.4 Å². The van der Waals surface area contributed by atoms with Gasteiger partial charge in [-0.3, -0.25) is 9.59 Å². The summed E-state index contributed by atoms with van der Waals surface area (Å²) >= 11 is 24.7. The first-order valence-electron chi connectivity index (χ1n) is 9.57. The Balaban J connectivity index is 1.50. The van der Waals surface area contributed by atoms with Gasteiger partial charge in [-0.1, -0.05) is 23.2 Å². The van der Waals surface area contributed by atoms with Crippen LogP contribution in [0, 0.1) is 17.6 Å². The largest absolute Gasteiger partial charge is 0.326 e. The van der Waals surface area contributed by atoms with E-state index in [0.29, 0.717) is 11.3 Å². The number of nitrogens with one attached hydrogen (secondary N) is 2. The van der Waals surface area contributed by atoms with Crippen molar-refractivity contribution in [3.8, 4) is 0 Å². The molecule has 0 radical (unpaired) electrons. The zero-order chi connectivity index (χ0) is 23.9. The molecular formula is C23H14Cl4F2N2O2. The number of amides is 2. The van der Waals surface area contributed by atoms with Gasteiger partial charge in [0.2, 0.25) is 5.91 Å². The molecule has 0 saturated heterocycles.